The van der Waals surface area contributed by atoms with Crippen molar-refractivity contribution in [2.75, 3.05) is 0 Å². The van der Waals surface area contributed by atoms with E-state index in [0.717, 1.165) is 93.4 Å². The number of rotatable bonds is 8. The molecule has 0 saturated carbocycles. The molecule has 0 saturated heterocycles. The molecule has 0 spiro atoms. The van der Waals surface area contributed by atoms with Crippen molar-refractivity contribution in [3.8, 4) is 33.4 Å². The van der Waals surface area contributed by atoms with E-state index < -0.39 is 60.1 Å². The van der Waals surface area contributed by atoms with Gasteiger partial charge in [0, 0.05) is 60.9 Å². The molecule has 0 unspecified atom stereocenters. The molecule has 436 valence electrons. The summed E-state index contributed by atoms with van der Waals surface area (Å²) in [5.41, 5.74) is 13.9. The summed E-state index contributed by atoms with van der Waals surface area (Å²) >= 11 is 0. The van der Waals surface area contributed by atoms with Crippen LogP contribution in [-0.2, 0) is 40.5 Å². The van der Waals surface area contributed by atoms with Crippen molar-refractivity contribution in [3.05, 3.63) is 227 Å². The van der Waals surface area contributed by atoms with Crippen molar-refractivity contribution in [1.82, 2.24) is 39.9 Å². The van der Waals surface area contributed by atoms with Crippen LogP contribution in [0.1, 0.15) is 51.1 Å². The van der Waals surface area contributed by atoms with E-state index in [-0.39, 0.29) is 46.2 Å². The third-order valence-electron chi connectivity index (χ3n) is 14.4. The number of aromatic nitrogens is 8. The summed E-state index contributed by atoms with van der Waals surface area (Å²) in [6.45, 7) is 0. The Bertz CT molecular complexity index is 5370. The topological polar surface area (TPSA) is 344 Å². The van der Waals surface area contributed by atoms with Crippen molar-refractivity contribution in [3.63, 3.8) is 0 Å². The molecule has 10 aromatic rings. The molecule has 4 aliphatic heterocycles. The molecule has 14 rings (SSSR count). The summed E-state index contributed by atoms with van der Waals surface area (Å²) < 4.78 is 145. The largest absolute Gasteiger partial charge is 4.00 e. The van der Waals surface area contributed by atoms with Crippen LogP contribution >= 0.6 is 0 Å². The van der Waals surface area contributed by atoms with E-state index in [2.05, 4.69) is 54.2 Å². The van der Waals surface area contributed by atoms with Gasteiger partial charge in [0.2, 0.25) is 0 Å². The zero-order valence-corrected chi connectivity index (χ0v) is 51.7. The summed E-state index contributed by atoms with van der Waals surface area (Å²) in [5.74, 6) is 0. The molecular weight excluding hydrogens is 1320 g/mol. The molecule has 6 aromatic heterocycles. The fourth-order valence-corrected chi connectivity index (χ4v) is 12.3. The van der Waals surface area contributed by atoms with E-state index in [1.165, 1.54) is 48.5 Å². The molecule has 0 atom stereocenters. The average Bonchev–Trinajstić information content (AvgIpc) is 1.67. The molecule has 20 nitrogen and oxygen atoms in total. The van der Waals surface area contributed by atoms with Gasteiger partial charge in [-0.3, -0.25) is 0 Å². The van der Waals surface area contributed by atoms with Gasteiger partial charge in [0.25, 0.3) is 0 Å². The van der Waals surface area contributed by atoms with Crippen LogP contribution in [0.15, 0.2) is 196 Å². The minimum Gasteiger partial charge on any atom is -0.744 e. The first-order chi connectivity index (χ1) is 42.0. The van der Waals surface area contributed by atoms with Gasteiger partial charge in [-0.2, -0.15) is 0 Å². The molecule has 0 amide bonds. The van der Waals surface area contributed by atoms with E-state index in [1.807, 2.05) is 60.7 Å². The molecule has 25 heteroatoms. The number of H-pyrrole nitrogens is 4. The molecule has 4 N–H and O–H groups in total. The number of hydrogen-bond acceptors (Lipinski definition) is 16. The number of nitrogens with one attached hydrogen (secondary N) is 4. The van der Waals surface area contributed by atoms with Crippen molar-refractivity contribution in [2.24, 2.45) is 0 Å². The van der Waals surface area contributed by atoms with E-state index in [1.54, 1.807) is 36.4 Å². The van der Waals surface area contributed by atoms with Gasteiger partial charge in [-0.05, 0) is 192 Å². The summed E-state index contributed by atoms with van der Waals surface area (Å²) in [6.07, 6.45) is 13.3. The molecule has 4 aliphatic rings. The average molecular weight is 1360 g/mol. The normalized spacial score (nSPS) is 12.9. The molecule has 4 aromatic carbocycles. The molecule has 10 heterocycles. The van der Waals surface area contributed by atoms with Gasteiger partial charge >= 0.3 is 23.9 Å². The summed E-state index contributed by atoms with van der Waals surface area (Å²) in [6, 6.07) is 45.3. The zero-order valence-electron chi connectivity index (χ0n) is 45.6. The summed E-state index contributed by atoms with van der Waals surface area (Å²) in [5, 5.41) is 0. The van der Waals surface area contributed by atoms with Crippen LogP contribution in [-0.4, -0.2) is 116 Å². The first-order valence-corrected chi connectivity index (χ1v) is 32.1. The first-order valence-electron chi connectivity index (χ1n) is 26.5. The second kappa shape index (κ2) is 23.2. The number of benzene rings is 4. The van der Waals surface area contributed by atoms with Crippen molar-refractivity contribution >= 4 is 157 Å². The maximum atomic E-state index is 12.2. The Balaban J connectivity index is 0.000000255. The fourth-order valence-electron chi connectivity index (χ4n) is 10.5. The maximum absolute atomic E-state index is 12.2. The van der Waals surface area contributed by atoms with Crippen LogP contribution in [0.25, 0.3) is 126 Å². The minimum absolute atomic E-state index is 0. The summed E-state index contributed by atoms with van der Waals surface area (Å²) in [4.78, 5) is 30.5. The Hall–Kier alpha value is -9.48. The zero-order chi connectivity index (χ0) is 61.3. The van der Waals surface area contributed by atoms with Gasteiger partial charge in [-0.15, -0.1) is 0 Å². The number of hydrogen-bond donors (Lipinski definition) is 4. The molecular formula is C64H40N8O12S4Sn. The second-order valence-electron chi connectivity index (χ2n) is 20.4. The molecule has 0 fully saturated rings. The van der Waals surface area contributed by atoms with Crippen LogP contribution in [0.5, 0.6) is 0 Å². The van der Waals surface area contributed by atoms with Crippen LogP contribution < -0.4 is 0 Å². The minimum atomic E-state index is -4.93. The Labute approximate surface area is 524 Å². The number of nitrogens with zero attached hydrogens (tertiary/aromatic N) is 4. The third kappa shape index (κ3) is 12.9. The van der Waals surface area contributed by atoms with Gasteiger partial charge < -0.3 is 38.1 Å². The smallest absolute Gasteiger partial charge is 0.744 e. The van der Waals surface area contributed by atoms with Crippen molar-refractivity contribution in [2.45, 2.75) is 19.6 Å². The third-order valence-corrected chi connectivity index (χ3v) is 17.8. The predicted molar refractivity (Wildman–Crippen MR) is 336 cm³/mol. The molecule has 0 radical (unpaired) electrons. The van der Waals surface area contributed by atoms with Gasteiger partial charge in [0.1, 0.15) is 40.5 Å². The van der Waals surface area contributed by atoms with Crippen molar-refractivity contribution in [1.29, 1.82) is 0 Å². The van der Waals surface area contributed by atoms with E-state index in [4.69, 9.17) is 9.97 Å². The van der Waals surface area contributed by atoms with Crippen LogP contribution in [0.3, 0.4) is 0 Å². The van der Waals surface area contributed by atoms with E-state index in [0.29, 0.717) is 67.0 Å². The van der Waals surface area contributed by atoms with Gasteiger partial charge in [-0.25, -0.2) is 53.6 Å². The Morgan fingerprint density at radius 3 is 0.899 bits per heavy atom. The quantitative estimate of drug-likeness (QED) is 0.0811. The SMILES string of the molecule is C1=Cc2cc3ccc(cc4nc(cc5ccc(cc1n2)[nH]5)C=C4)[nH]3.O=S(=O)([O-])c1ccc(C2=Cc3cc4ccc(cc5nc(cc6[nH]c(c(-c7ccc(S(=O)(=O)[O-])cc7)c2n3)c(-c2ccc(S(=O)(=O)[O-])cc2)c6-c2ccc(S(=O)(=O)[O-])cc2)C=C5)[nH]4)cc1.[Sn+4]. The van der Waals surface area contributed by atoms with Crippen LogP contribution in [0.4, 0.5) is 0 Å². The molecule has 16 bridgehead atoms. The van der Waals surface area contributed by atoms with E-state index in [9.17, 15) is 51.9 Å². The maximum Gasteiger partial charge on any atom is 4.00 e. The van der Waals surface area contributed by atoms with Crippen LogP contribution in [0, 0.1) is 0 Å². The van der Waals surface area contributed by atoms with Crippen molar-refractivity contribution < 1.29 is 51.9 Å². The molecule has 0 aliphatic carbocycles. The van der Waals surface area contributed by atoms with Gasteiger partial charge in [0.05, 0.1) is 70.7 Å². The van der Waals surface area contributed by atoms with E-state index >= 15 is 0 Å². The Morgan fingerprint density at radius 2 is 0.573 bits per heavy atom. The Kier molecular flexibility index (Phi) is 15.6. The Morgan fingerprint density at radius 1 is 0.292 bits per heavy atom. The van der Waals surface area contributed by atoms with Gasteiger partial charge in [-0.1, -0.05) is 48.5 Å². The number of aromatic amines is 4. The predicted octanol–water partition coefficient (Wildman–Crippen LogP) is 11.0. The molecule has 89 heavy (non-hydrogen) atoms. The van der Waals surface area contributed by atoms with Gasteiger partial charge in [0.15, 0.2) is 0 Å². The number of fused-ring (bicyclic) bond motifs is 16. The summed E-state index contributed by atoms with van der Waals surface area (Å²) in [7, 11) is -19.6. The van der Waals surface area contributed by atoms with Crippen LogP contribution in [0.2, 0.25) is 0 Å². The fraction of sp³-hybridized carbons (Fsp3) is 0. The monoisotopic (exact) mass is 1360 g/mol. The first kappa shape index (κ1) is 59.8. The standard InChI is InChI=1S/C44H30N4O12S4.C20H14N4.Sn/c49-61(50,51)34-13-1-25(2-14-34)38-23-33-22-31-10-9-29(45-31)21-30-11-12-32(46-30)24-39-40(26-3-15-35(16-4-26)62(52,53)54)41(27-5-17-36(18-6-27)63(55,56)57)44(48-39)42(43(38)47-33)28-7-19-37(20-8-28)64(58,59)60;1-2-14-10-16-5-6-18(23-16)12-20-8-7-19(24-20)11-17-4-3-15(22-17)9-13(1)21-14;/h1-24,45,48H,(H,49,50,51)(H,52,53,54)(H,55,56,57)(H,58,59,60);1-12,21,24H;/q;;+4/p-4. The second-order valence-corrected chi connectivity index (χ2v) is 25.9.